The van der Waals surface area contributed by atoms with E-state index in [9.17, 15) is 19.2 Å². The zero-order valence-electron chi connectivity index (χ0n) is 14.0. The molecule has 10 heteroatoms. The van der Waals surface area contributed by atoms with Gasteiger partial charge in [-0.05, 0) is 12.1 Å². The number of methoxy groups -OCH3 is 1. The maximum atomic E-state index is 12.3. The first-order valence-corrected chi connectivity index (χ1v) is 8.37. The first-order valence-electron chi connectivity index (χ1n) is 7.38. The summed E-state index contributed by atoms with van der Waals surface area (Å²) in [5, 5.41) is 4.94. The van der Waals surface area contributed by atoms with Gasteiger partial charge in [0.15, 0.2) is 16.7 Å². The van der Waals surface area contributed by atoms with E-state index in [1.54, 1.807) is 30.3 Å². The van der Waals surface area contributed by atoms with Crippen molar-refractivity contribution >= 4 is 41.1 Å². The fraction of sp³-hybridized carbons (Fsp3) is 0.188. The maximum Gasteiger partial charge on any atom is 0.316 e. The van der Waals surface area contributed by atoms with Crippen LogP contribution >= 0.6 is 11.8 Å². The van der Waals surface area contributed by atoms with Gasteiger partial charge < -0.3 is 15.4 Å². The Balaban J connectivity index is 2.32. The van der Waals surface area contributed by atoms with Crippen molar-refractivity contribution in [2.24, 2.45) is 0 Å². The highest BCUT2D eigenvalue weighted by Gasteiger charge is 2.17. The predicted molar refractivity (Wildman–Crippen MR) is 96.3 cm³/mol. The Morgan fingerprint density at radius 1 is 1.19 bits per heavy atom. The molecule has 0 saturated carbocycles. The van der Waals surface area contributed by atoms with E-state index >= 15 is 0 Å². The van der Waals surface area contributed by atoms with E-state index < -0.39 is 23.3 Å². The summed E-state index contributed by atoms with van der Waals surface area (Å²) in [7, 11) is 1.24. The molecule has 0 fully saturated rings. The van der Waals surface area contributed by atoms with Crippen molar-refractivity contribution < 1.29 is 19.1 Å². The standard InChI is InChI=1S/C16H16N4O5S/c1-9(21)17-13-12(18-14(23)10-6-4-3-5-7-10)15(24)20-16(19-13)26-8-11(22)25-2/h3-7H,8H2,1-2H3,(H,18,23)(H2,17,19,20,21,24). The monoisotopic (exact) mass is 376 g/mol. The number of carbonyl (C=O) groups excluding carboxylic acids is 3. The van der Waals surface area contributed by atoms with Crippen molar-refractivity contribution in [3.63, 3.8) is 0 Å². The molecule has 0 radical (unpaired) electrons. The molecule has 26 heavy (non-hydrogen) atoms. The van der Waals surface area contributed by atoms with Gasteiger partial charge in [0.05, 0.1) is 12.9 Å². The molecule has 0 saturated heterocycles. The van der Waals surface area contributed by atoms with Crippen LogP contribution in [0.5, 0.6) is 0 Å². The predicted octanol–water partition coefficient (Wildman–Crippen LogP) is 1.25. The lowest BCUT2D eigenvalue weighted by atomic mass is 10.2. The summed E-state index contributed by atoms with van der Waals surface area (Å²) in [6.07, 6.45) is 0. The molecule has 2 rings (SSSR count). The van der Waals surface area contributed by atoms with Gasteiger partial charge in [-0.1, -0.05) is 30.0 Å². The molecule has 0 unspecified atom stereocenters. The van der Waals surface area contributed by atoms with Crippen LogP contribution < -0.4 is 16.2 Å². The van der Waals surface area contributed by atoms with Crippen LogP contribution in [0.1, 0.15) is 17.3 Å². The summed E-state index contributed by atoms with van der Waals surface area (Å²) in [5.74, 6) is -1.69. The highest BCUT2D eigenvalue weighted by Crippen LogP contribution is 2.20. The SMILES string of the molecule is COC(=O)CSc1nc(NC(C)=O)c(NC(=O)c2ccccc2)c(=O)[nH]1. The van der Waals surface area contributed by atoms with Crippen LogP contribution in [-0.2, 0) is 14.3 Å². The molecule has 1 aromatic heterocycles. The topological polar surface area (TPSA) is 130 Å². The first kappa shape index (κ1) is 19.2. The third-order valence-corrected chi connectivity index (χ3v) is 3.87. The van der Waals surface area contributed by atoms with E-state index in [1.165, 1.54) is 14.0 Å². The zero-order valence-corrected chi connectivity index (χ0v) is 14.8. The minimum atomic E-state index is -0.666. The van der Waals surface area contributed by atoms with E-state index in [4.69, 9.17) is 0 Å². The minimum Gasteiger partial charge on any atom is -0.468 e. The van der Waals surface area contributed by atoms with Crippen LogP contribution in [0.4, 0.5) is 11.5 Å². The van der Waals surface area contributed by atoms with E-state index in [0.717, 1.165) is 11.8 Å². The second-order valence-corrected chi connectivity index (χ2v) is 5.92. The summed E-state index contributed by atoms with van der Waals surface area (Å²) in [6, 6.07) is 8.27. The second-order valence-electron chi connectivity index (χ2n) is 4.96. The molecular formula is C16H16N4O5S. The van der Waals surface area contributed by atoms with Gasteiger partial charge in [0, 0.05) is 12.5 Å². The van der Waals surface area contributed by atoms with Crippen molar-refractivity contribution in [3.05, 3.63) is 46.2 Å². The van der Waals surface area contributed by atoms with Gasteiger partial charge >= 0.3 is 5.97 Å². The molecule has 2 aromatic rings. The number of carbonyl (C=O) groups is 3. The fourth-order valence-corrected chi connectivity index (χ4v) is 2.55. The molecular weight excluding hydrogens is 360 g/mol. The Morgan fingerprint density at radius 3 is 2.50 bits per heavy atom. The van der Waals surface area contributed by atoms with Gasteiger partial charge in [0.2, 0.25) is 5.91 Å². The van der Waals surface area contributed by atoms with Crippen molar-refractivity contribution in [2.45, 2.75) is 12.1 Å². The highest BCUT2D eigenvalue weighted by molar-refractivity contribution is 7.99. The summed E-state index contributed by atoms with van der Waals surface area (Å²) < 4.78 is 4.52. The van der Waals surface area contributed by atoms with Gasteiger partial charge in [0.25, 0.3) is 11.5 Å². The third-order valence-electron chi connectivity index (χ3n) is 3.02. The number of hydrogen-bond donors (Lipinski definition) is 3. The quantitative estimate of drug-likeness (QED) is 0.393. The van der Waals surface area contributed by atoms with Gasteiger partial charge in [-0.25, -0.2) is 4.98 Å². The Kier molecular flexibility index (Phi) is 6.50. The van der Waals surface area contributed by atoms with E-state index in [1.807, 2.05) is 0 Å². The number of nitrogens with one attached hydrogen (secondary N) is 3. The highest BCUT2D eigenvalue weighted by atomic mass is 32.2. The second kappa shape index (κ2) is 8.81. The molecule has 0 atom stereocenters. The number of nitrogens with zero attached hydrogens (tertiary/aromatic N) is 1. The fourth-order valence-electron chi connectivity index (χ4n) is 1.86. The number of H-pyrrole nitrogens is 1. The number of amides is 2. The van der Waals surface area contributed by atoms with Crippen LogP contribution in [0.2, 0.25) is 0 Å². The number of thioether (sulfide) groups is 1. The van der Waals surface area contributed by atoms with Crippen molar-refractivity contribution in [1.29, 1.82) is 0 Å². The molecule has 0 bridgehead atoms. The summed E-state index contributed by atoms with van der Waals surface area (Å²) in [6.45, 7) is 1.24. The van der Waals surface area contributed by atoms with Gasteiger partial charge in [0.1, 0.15) is 0 Å². The first-order chi connectivity index (χ1) is 12.4. The van der Waals surface area contributed by atoms with E-state index in [-0.39, 0.29) is 22.4 Å². The summed E-state index contributed by atoms with van der Waals surface area (Å²) >= 11 is 0.927. The number of aromatic nitrogens is 2. The molecule has 3 N–H and O–H groups in total. The minimum absolute atomic E-state index is 0.0747. The summed E-state index contributed by atoms with van der Waals surface area (Å²) in [5.41, 5.74) is -0.526. The largest absolute Gasteiger partial charge is 0.468 e. The molecule has 9 nitrogen and oxygen atoms in total. The Bertz CT molecular complexity index is 882. The number of esters is 1. The van der Waals surface area contributed by atoms with Crippen LogP contribution in [0.25, 0.3) is 0 Å². The van der Waals surface area contributed by atoms with Gasteiger partial charge in [-0.3, -0.25) is 24.2 Å². The molecule has 136 valence electrons. The lowest BCUT2D eigenvalue weighted by molar-refractivity contribution is -0.137. The number of aromatic amines is 1. The Morgan fingerprint density at radius 2 is 1.88 bits per heavy atom. The molecule has 2 amide bonds. The van der Waals surface area contributed by atoms with Crippen LogP contribution in [-0.4, -0.2) is 40.6 Å². The average Bonchev–Trinajstić information content (AvgIpc) is 2.62. The molecule has 1 heterocycles. The number of hydrogen-bond acceptors (Lipinski definition) is 7. The zero-order chi connectivity index (χ0) is 19.1. The number of benzene rings is 1. The lowest BCUT2D eigenvalue weighted by Crippen LogP contribution is -2.24. The average molecular weight is 376 g/mol. The normalized spacial score (nSPS) is 10.1. The van der Waals surface area contributed by atoms with Crippen molar-refractivity contribution in [1.82, 2.24) is 9.97 Å². The molecule has 0 aliphatic rings. The van der Waals surface area contributed by atoms with Crippen molar-refractivity contribution in [3.8, 4) is 0 Å². The van der Waals surface area contributed by atoms with Crippen molar-refractivity contribution in [2.75, 3.05) is 23.5 Å². The maximum absolute atomic E-state index is 12.3. The molecule has 1 aromatic carbocycles. The van der Waals surface area contributed by atoms with Crippen LogP contribution in [0.15, 0.2) is 40.3 Å². The van der Waals surface area contributed by atoms with Gasteiger partial charge in [-0.15, -0.1) is 0 Å². The lowest BCUT2D eigenvalue weighted by Gasteiger charge is -2.11. The molecule has 0 aliphatic heterocycles. The number of rotatable bonds is 6. The molecule has 0 aliphatic carbocycles. The smallest absolute Gasteiger partial charge is 0.316 e. The number of anilines is 2. The Hall–Kier alpha value is -3.14. The number of ether oxygens (including phenoxy) is 1. The van der Waals surface area contributed by atoms with Crippen LogP contribution in [0, 0.1) is 0 Å². The summed E-state index contributed by atoms with van der Waals surface area (Å²) in [4.78, 5) is 53.7. The van der Waals surface area contributed by atoms with E-state index in [0.29, 0.717) is 5.56 Å². The van der Waals surface area contributed by atoms with Crippen LogP contribution in [0.3, 0.4) is 0 Å². The third kappa shape index (κ3) is 5.18. The van der Waals surface area contributed by atoms with E-state index in [2.05, 4.69) is 25.3 Å². The Labute approximate surface area is 152 Å². The molecule has 0 spiro atoms. The van der Waals surface area contributed by atoms with Gasteiger partial charge in [-0.2, -0.15) is 0 Å².